The fourth-order valence-corrected chi connectivity index (χ4v) is 3.24. The Morgan fingerprint density at radius 3 is 2.29 bits per heavy atom. The highest BCUT2D eigenvalue weighted by molar-refractivity contribution is 7.87. The summed E-state index contributed by atoms with van der Waals surface area (Å²) in [5, 5.41) is 2.71. The molecule has 0 aromatic heterocycles. The molecule has 0 heterocycles. The number of nitrogens with one attached hydrogen (secondary N) is 2. The Balaban J connectivity index is 2.55. The minimum Gasteiger partial charge on any atom is -0.351 e. The van der Waals surface area contributed by atoms with Crippen LogP contribution in [0.4, 0.5) is 0 Å². The van der Waals surface area contributed by atoms with Gasteiger partial charge < -0.3 is 5.32 Å². The van der Waals surface area contributed by atoms with Crippen molar-refractivity contribution in [3.63, 3.8) is 0 Å². The Morgan fingerprint density at radius 1 is 1.19 bits per heavy atom. The first-order chi connectivity index (χ1) is 9.90. The molecule has 0 aliphatic carbocycles. The highest BCUT2D eigenvalue weighted by Crippen LogP contribution is 2.00. The maximum Gasteiger partial charge on any atom is 0.280 e. The lowest BCUT2D eigenvalue weighted by Gasteiger charge is -2.21. The fraction of sp³-hybridized carbons (Fsp3) is 0.500. The minimum absolute atomic E-state index is 0.352. The topological polar surface area (TPSA) is 78.5 Å². The lowest BCUT2D eigenvalue weighted by molar-refractivity contribution is -0.122. The van der Waals surface area contributed by atoms with E-state index >= 15 is 0 Å². The van der Waals surface area contributed by atoms with Crippen molar-refractivity contribution in [3.8, 4) is 0 Å². The lowest BCUT2D eigenvalue weighted by atomic mass is 10.2. The molecule has 1 amide bonds. The van der Waals surface area contributed by atoms with Gasteiger partial charge in [0.25, 0.3) is 10.2 Å². The summed E-state index contributed by atoms with van der Waals surface area (Å²) in [5.74, 6) is -0.352. The predicted molar refractivity (Wildman–Crippen MR) is 82.7 cm³/mol. The van der Waals surface area contributed by atoms with Crippen LogP contribution in [0.25, 0.3) is 0 Å². The van der Waals surface area contributed by atoms with Crippen molar-refractivity contribution in [2.45, 2.75) is 33.4 Å². The van der Waals surface area contributed by atoms with Crippen molar-refractivity contribution in [2.75, 3.05) is 13.1 Å². The van der Waals surface area contributed by atoms with Crippen molar-refractivity contribution >= 4 is 16.1 Å². The molecule has 0 bridgehead atoms. The van der Waals surface area contributed by atoms with E-state index in [2.05, 4.69) is 10.0 Å². The van der Waals surface area contributed by atoms with Crippen LogP contribution in [0.3, 0.4) is 0 Å². The molecule has 7 heteroatoms. The van der Waals surface area contributed by atoms with Gasteiger partial charge in [-0.2, -0.15) is 17.4 Å². The Kier molecular flexibility index (Phi) is 6.80. The molecule has 0 saturated heterocycles. The number of carbonyl (C=O) groups excluding carboxylic acids is 1. The molecule has 1 atom stereocenters. The predicted octanol–water partition coefficient (Wildman–Crippen LogP) is 0.868. The van der Waals surface area contributed by atoms with Crippen LogP contribution >= 0.6 is 0 Å². The maximum absolute atomic E-state index is 12.0. The van der Waals surface area contributed by atoms with Crippen LogP contribution in [0.1, 0.15) is 26.3 Å². The summed E-state index contributed by atoms with van der Waals surface area (Å²) in [6, 6.07) is 8.63. The Labute approximate surface area is 126 Å². The van der Waals surface area contributed by atoms with Gasteiger partial charge in [0.2, 0.25) is 5.91 Å². The number of nitrogens with zero attached hydrogens (tertiary/aromatic N) is 1. The molecule has 0 radical (unpaired) electrons. The van der Waals surface area contributed by atoms with E-state index in [1.165, 1.54) is 11.2 Å². The molecule has 1 aromatic carbocycles. The second-order valence-electron chi connectivity index (χ2n) is 4.63. The number of carbonyl (C=O) groups is 1. The average molecular weight is 313 g/mol. The molecule has 0 aliphatic rings. The van der Waals surface area contributed by atoms with Gasteiger partial charge in [0.1, 0.15) is 0 Å². The SMILES string of the molecule is CCN(CC)S(=O)(=O)NC(C)C(=O)NCc1ccccc1. The molecule has 2 N–H and O–H groups in total. The largest absolute Gasteiger partial charge is 0.351 e. The number of amides is 1. The van der Waals surface area contributed by atoms with Gasteiger partial charge in [0.05, 0.1) is 6.04 Å². The number of hydrogen-bond acceptors (Lipinski definition) is 3. The van der Waals surface area contributed by atoms with Crippen LogP contribution in [-0.2, 0) is 21.5 Å². The maximum atomic E-state index is 12.0. The van der Waals surface area contributed by atoms with E-state index in [1.807, 2.05) is 30.3 Å². The molecule has 118 valence electrons. The second-order valence-corrected chi connectivity index (χ2v) is 6.33. The zero-order valence-corrected chi connectivity index (χ0v) is 13.5. The lowest BCUT2D eigenvalue weighted by Crippen LogP contribution is -2.49. The van der Waals surface area contributed by atoms with E-state index in [0.29, 0.717) is 19.6 Å². The number of rotatable bonds is 8. The highest BCUT2D eigenvalue weighted by Gasteiger charge is 2.24. The number of benzene rings is 1. The Bertz CT molecular complexity index is 542. The molecule has 1 aromatic rings. The Hall–Kier alpha value is -1.44. The van der Waals surface area contributed by atoms with Crippen LogP contribution in [-0.4, -0.2) is 37.8 Å². The molecule has 6 nitrogen and oxygen atoms in total. The van der Waals surface area contributed by atoms with E-state index in [9.17, 15) is 13.2 Å². The summed E-state index contributed by atoms with van der Waals surface area (Å²) < 4.78 is 27.7. The molecule has 0 aliphatic heterocycles. The van der Waals surface area contributed by atoms with E-state index in [4.69, 9.17) is 0 Å². The van der Waals surface area contributed by atoms with Crippen molar-refractivity contribution in [1.82, 2.24) is 14.3 Å². The van der Waals surface area contributed by atoms with Gasteiger partial charge in [-0.05, 0) is 12.5 Å². The van der Waals surface area contributed by atoms with Crippen LogP contribution in [0, 0.1) is 0 Å². The molecular formula is C14H23N3O3S. The third kappa shape index (κ3) is 5.45. The van der Waals surface area contributed by atoms with Crippen molar-refractivity contribution in [1.29, 1.82) is 0 Å². The van der Waals surface area contributed by atoms with Gasteiger partial charge in [-0.1, -0.05) is 44.2 Å². The van der Waals surface area contributed by atoms with Gasteiger partial charge in [0, 0.05) is 19.6 Å². The van der Waals surface area contributed by atoms with E-state index in [1.54, 1.807) is 13.8 Å². The average Bonchev–Trinajstić information content (AvgIpc) is 2.46. The van der Waals surface area contributed by atoms with Gasteiger partial charge in [0.15, 0.2) is 0 Å². The first kappa shape index (κ1) is 17.6. The molecular weight excluding hydrogens is 290 g/mol. The molecule has 0 saturated carbocycles. The first-order valence-corrected chi connectivity index (χ1v) is 8.43. The number of hydrogen-bond donors (Lipinski definition) is 2. The normalized spacial score (nSPS) is 13.1. The van der Waals surface area contributed by atoms with Crippen LogP contribution in [0.2, 0.25) is 0 Å². The Morgan fingerprint density at radius 2 is 1.76 bits per heavy atom. The molecule has 1 rings (SSSR count). The summed E-state index contributed by atoms with van der Waals surface area (Å²) in [6.07, 6.45) is 0. The third-order valence-corrected chi connectivity index (χ3v) is 4.92. The summed E-state index contributed by atoms with van der Waals surface area (Å²) >= 11 is 0. The molecule has 0 fully saturated rings. The van der Waals surface area contributed by atoms with Crippen LogP contribution in [0.15, 0.2) is 30.3 Å². The van der Waals surface area contributed by atoms with Crippen LogP contribution in [0.5, 0.6) is 0 Å². The highest BCUT2D eigenvalue weighted by atomic mass is 32.2. The third-order valence-electron chi connectivity index (χ3n) is 3.07. The standard InChI is InChI=1S/C14H23N3O3S/c1-4-17(5-2)21(19,20)16-12(3)14(18)15-11-13-9-7-6-8-10-13/h6-10,12,16H,4-5,11H2,1-3H3,(H,15,18). The summed E-state index contributed by atoms with van der Waals surface area (Å²) in [5.41, 5.74) is 0.963. The zero-order chi connectivity index (χ0) is 15.9. The molecule has 0 spiro atoms. The summed E-state index contributed by atoms with van der Waals surface area (Å²) in [4.78, 5) is 11.9. The fourth-order valence-electron chi connectivity index (χ4n) is 1.85. The first-order valence-electron chi connectivity index (χ1n) is 6.99. The van der Waals surface area contributed by atoms with Crippen molar-refractivity contribution in [3.05, 3.63) is 35.9 Å². The summed E-state index contributed by atoms with van der Waals surface area (Å²) in [6.45, 7) is 6.14. The van der Waals surface area contributed by atoms with Gasteiger partial charge in [-0.15, -0.1) is 0 Å². The zero-order valence-electron chi connectivity index (χ0n) is 12.7. The van der Waals surface area contributed by atoms with E-state index in [0.717, 1.165) is 5.56 Å². The van der Waals surface area contributed by atoms with Gasteiger partial charge >= 0.3 is 0 Å². The van der Waals surface area contributed by atoms with E-state index in [-0.39, 0.29) is 5.91 Å². The second kappa shape index (κ2) is 8.11. The molecule has 1 unspecified atom stereocenters. The summed E-state index contributed by atoms with van der Waals surface area (Å²) in [7, 11) is -3.63. The smallest absolute Gasteiger partial charge is 0.280 e. The molecule has 21 heavy (non-hydrogen) atoms. The van der Waals surface area contributed by atoms with E-state index < -0.39 is 16.3 Å². The van der Waals surface area contributed by atoms with Crippen LogP contribution < -0.4 is 10.0 Å². The quantitative estimate of drug-likeness (QED) is 0.747. The van der Waals surface area contributed by atoms with Crippen molar-refractivity contribution < 1.29 is 13.2 Å². The minimum atomic E-state index is -3.63. The monoisotopic (exact) mass is 313 g/mol. The van der Waals surface area contributed by atoms with Gasteiger partial charge in [-0.25, -0.2) is 0 Å². The van der Waals surface area contributed by atoms with Crippen molar-refractivity contribution in [2.24, 2.45) is 0 Å². The van der Waals surface area contributed by atoms with Gasteiger partial charge in [-0.3, -0.25) is 4.79 Å².